The highest BCUT2D eigenvalue weighted by atomic mass is 19.4. The summed E-state index contributed by atoms with van der Waals surface area (Å²) >= 11 is 0. The number of nitrogens with zero attached hydrogens (tertiary/aromatic N) is 1. The van der Waals surface area contributed by atoms with Crippen molar-refractivity contribution in [1.29, 1.82) is 5.41 Å². The molecule has 0 aromatic heterocycles. The number of alkyl halides is 3. The van der Waals surface area contributed by atoms with Gasteiger partial charge in [-0.05, 0) is 31.0 Å². The standard InChI is InChI=1S/C15H15F3N2O4/c1-23-13(21)10-8-9(12(19)20-6-2-3-7-20)4-5-11(10)24-14(22)15(16,17)18/h4-5,8,19H,2-3,6-7H2,1H3. The Morgan fingerprint density at radius 2 is 1.83 bits per heavy atom. The molecule has 0 amide bonds. The number of likely N-dealkylation sites (tertiary alicyclic amines) is 1. The fourth-order valence-corrected chi connectivity index (χ4v) is 2.32. The van der Waals surface area contributed by atoms with Crippen molar-refractivity contribution in [2.45, 2.75) is 19.0 Å². The van der Waals surface area contributed by atoms with Crippen LogP contribution < -0.4 is 4.74 Å². The van der Waals surface area contributed by atoms with Crippen LogP contribution in [0, 0.1) is 5.41 Å². The minimum absolute atomic E-state index is 0.145. The largest absolute Gasteiger partial charge is 0.491 e. The quantitative estimate of drug-likeness (QED) is 0.394. The van der Waals surface area contributed by atoms with Crippen molar-refractivity contribution in [3.63, 3.8) is 0 Å². The molecule has 1 fully saturated rings. The fourth-order valence-electron chi connectivity index (χ4n) is 2.32. The van der Waals surface area contributed by atoms with Crippen molar-refractivity contribution in [2.75, 3.05) is 20.2 Å². The lowest BCUT2D eigenvalue weighted by Gasteiger charge is -2.19. The summed E-state index contributed by atoms with van der Waals surface area (Å²) in [5.74, 6) is -3.82. The van der Waals surface area contributed by atoms with E-state index < -0.39 is 23.9 Å². The van der Waals surface area contributed by atoms with Gasteiger partial charge in [0.15, 0.2) is 0 Å². The fraction of sp³-hybridized carbons (Fsp3) is 0.400. The van der Waals surface area contributed by atoms with E-state index in [-0.39, 0.29) is 11.4 Å². The van der Waals surface area contributed by atoms with Crippen LogP contribution in [0.3, 0.4) is 0 Å². The van der Waals surface area contributed by atoms with Gasteiger partial charge < -0.3 is 14.4 Å². The molecular weight excluding hydrogens is 329 g/mol. The van der Waals surface area contributed by atoms with Gasteiger partial charge in [-0.15, -0.1) is 0 Å². The molecule has 0 radical (unpaired) electrons. The normalized spacial score (nSPS) is 14.4. The van der Waals surface area contributed by atoms with Crippen molar-refractivity contribution in [3.05, 3.63) is 29.3 Å². The Hall–Kier alpha value is -2.58. The smallest absolute Gasteiger partial charge is 0.465 e. The third kappa shape index (κ3) is 3.84. The number of benzene rings is 1. The summed E-state index contributed by atoms with van der Waals surface area (Å²) in [7, 11) is 1.05. The summed E-state index contributed by atoms with van der Waals surface area (Å²) in [6, 6.07) is 3.56. The van der Waals surface area contributed by atoms with Gasteiger partial charge in [-0.2, -0.15) is 13.2 Å². The molecule has 0 spiro atoms. The number of rotatable bonds is 3. The number of carbonyl (C=O) groups is 2. The van der Waals surface area contributed by atoms with E-state index in [0.717, 1.165) is 26.0 Å². The zero-order valence-electron chi connectivity index (χ0n) is 12.8. The maximum atomic E-state index is 12.3. The minimum Gasteiger partial charge on any atom is -0.465 e. The Kier molecular flexibility index (Phi) is 5.10. The average Bonchev–Trinajstić information content (AvgIpc) is 3.07. The summed E-state index contributed by atoms with van der Waals surface area (Å²) in [4.78, 5) is 24.5. The van der Waals surface area contributed by atoms with Gasteiger partial charge in [-0.1, -0.05) is 0 Å². The Morgan fingerprint density at radius 1 is 1.21 bits per heavy atom. The van der Waals surface area contributed by atoms with Crippen LogP contribution in [-0.4, -0.2) is 49.0 Å². The summed E-state index contributed by atoms with van der Waals surface area (Å²) < 4.78 is 45.7. The van der Waals surface area contributed by atoms with E-state index >= 15 is 0 Å². The molecule has 0 saturated carbocycles. The molecule has 1 saturated heterocycles. The lowest BCUT2D eigenvalue weighted by molar-refractivity contribution is -0.189. The molecule has 0 atom stereocenters. The predicted molar refractivity (Wildman–Crippen MR) is 77.1 cm³/mol. The van der Waals surface area contributed by atoms with Gasteiger partial charge in [0.05, 0.1) is 7.11 Å². The highest BCUT2D eigenvalue weighted by molar-refractivity contribution is 6.01. The van der Waals surface area contributed by atoms with Gasteiger partial charge in [0.1, 0.15) is 17.1 Å². The Bertz CT molecular complexity index is 667. The minimum atomic E-state index is -5.19. The van der Waals surface area contributed by atoms with Gasteiger partial charge in [-0.3, -0.25) is 5.41 Å². The van der Waals surface area contributed by atoms with Crippen molar-refractivity contribution in [1.82, 2.24) is 4.90 Å². The third-order valence-corrected chi connectivity index (χ3v) is 3.51. The van der Waals surface area contributed by atoms with Crippen molar-refractivity contribution in [3.8, 4) is 5.75 Å². The number of esters is 2. The van der Waals surface area contributed by atoms with Crippen LogP contribution in [0.25, 0.3) is 0 Å². The number of amidine groups is 1. The Balaban J connectivity index is 2.33. The number of halogens is 3. The van der Waals surface area contributed by atoms with E-state index in [9.17, 15) is 22.8 Å². The molecule has 2 rings (SSSR count). The van der Waals surface area contributed by atoms with E-state index in [4.69, 9.17) is 5.41 Å². The van der Waals surface area contributed by atoms with Gasteiger partial charge in [0, 0.05) is 18.7 Å². The molecule has 0 aliphatic carbocycles. The lowest BCUT2D eigenvalue weighted by atomic mass is 10.1. The maximum Gasteiger partial charge on any atom is 0.491 e. The van der Waals surface area contributed by atoms with Crippen molar-refractivity contribution >= 4 is 17.8 Å². The molecule has 1 aliphatic heterocycles. The molecule has 1 aromatic rings. The lowest BCUT2D eigenvalue weighted by Crippen LogP contribution is -2.29. The number of hydrogen-bond donors (Lipinski definition) is 1. The molecule has 1 aliphatic rings. The second-order valence-corrected chi connectivity index (χ2v) is 5.13. The molecular formula is C15H15F3N2O4. The third-order valence-electron chi connectivity index (χ3n) is 3.51. The Morgan fingerprint density at radius 3 is 2.38 bits per heavy atom. The average molecular weight is 344 g/mol. The first-order valence-electron chi connectivity index (χ1n) is 7.09. The van der Waals surface area contributed by atoms with Crippen LogP contribution in [0.5, 0.6) is 5.75 Å². The summed E-state index contributed by atoms with van der Waals surface area (Å²) in [6.45, 7) is 1.38. The van der Waals surface area contributed by atoms with Crippen LogP contribution in [0.4, 0.5) is 13.2 Å². The maximum absolute atomic E-state index is 12.3. The second kappa shape index (κ2) is 6.90. The highest BCUT2D eigenvalue weighted by Crippen LogP contribution is 2.26. The first-order chi connectivity index (χ1) is 11.2. The van der Waals surface area contributed by atoms with Gasteiger partial charge >= 0.3 is 18.1 Å². The number of ether oxygens (including phenoxy) is 2. The van der Waals surface area contributed by atoms with E-state index in [1.807, 2.05) is 0 Å². The van der Waals surface area contributed by atoms with Crippen molar-refractivity contribution < 1.29 is 32.2 Å². The zero-order chi connectivity index (χ0) is 17.9. The molecule has 130 valence electrons. The molecule has 24 heavy (non-hydrogen) atoms. The molecule has 1 aromatic carbocycles. The molecule has 0 unspecified atom stereocenters. The number of carbonyl (C=O) groups excluding carboxylic acids is 2. The van der Waals surface area contributed by atoms with Gasteiger partial charge in [-0.25, -0.2) is 9.59 Å². The number of nitrogens with one attached hydrogen (secondary N) is 1. The molecule has 9 heteroatoms. The molecule has 0 bridgehead atoms. The molecule has 6 nitrogen and oxygen atoms in total. The monoisotopic (exact) mass is 344 g/mol. The van der Waals surface area contributed by atoms with Crippen LogP contribution in [0.2, 0.25) is 0 Å². The molecule has 1 heterocycles. The van der Waals surface area contributed by atoms with Crippen LogP contribution >= 0.6 is 0 Å². The van der Waals surface area contributed by atoms with Crippen LogP contribution in [0.15, 0.2) is 18.2 Å². The van der Waals surface area contributed by atoms with E-state index in [0.29, 0.717) is 18.7 Å². The summed E-state index contributed by atoms with van der Waals surface area (Å²) in [5, 5.41) is 8.12. The van der Waals surface area contributed by atoms with Crippen molar-refractivity contribution in [2.24, 2.45) is 0 Å². The summed E-state index contributed by atoms with van der Waals surface area (Å²) in [5.41, 5.74) is -0.0272. The van der Waals surface area contributed by atoms with Crippen LogP contribution in [0.1, 0.15) is 28.8 Å². The first-order valence-corrected chi connectivity index (χ1v) is 7.09. The van der Waals surface area contributed by atoms with E-state index in [1.54, 1.807) is 4.90 Å². The first kappa shape index (κ1) is 17.8. The summed E-state index contributed by atoms with van der Waals surface area (Å²) in [6.07, 6.45) is -3.31. The second-order valence-electron chi connectivity index (χ2n) is 5.13. The SMILES string of the molecule is COC(=O)c1cc(C(=N)N2CCCC2)ccc1OC(=O)C(F)(F)F. The van der Waals surface area contributed by atoms with Crippen LogP contribution in [-0.2, 0) is 9.53 Å². The zero-order valence-corrected chi connectivity index (χ0v) is 12.8. The van der Waals surface area contributed by atoms with E-state index in [2.05, 4.69) is 9.47 Å². The topological polar surface area (TPSA) is 79.7 Å². The predicted octanol–water partition coefficient (Wildman–Crippen LogP) is 2.36. The number of methoxy groups -OCH3 is 1. The number of hydrogen-bond acceptors (Lipinski definition) is 5. The Labute approximate surface area is 135 Å². The molecule has 1 N–H and O–H groups in total. The highest BCUT2D eigenvalue weighted by Gasteiger charge is 2.42. The van der Waals surface area contributed by atoms with Gasteiger partial charge in [0.2, 0.25) is 0 Å². The van der Waals surface area contributed by atoms with E-state index in [1.165, 1.54) is 12.1 Å². The van der Waals surface area contributed by atoms with Gasteiger partial charge in [0.25, 0.3) is 0 Å².